The van der Waals surface area contributed by atoms with Gasteiger partial charge in [0.25, 0.3) is 0 Å². The van der Waals surface area contributed by atoms with Gasteiger partial charge in [0.15, 0.2) is 0 Å². The first kappa shape index (κ1) is 11.5. The minimum atomic E-state index is -1.07. The van der Waals surface area contributed by atoms with Crippen molar-refractivity contribution in [3.8, 4) is 6.07 Å². The van der Waals surface area contributed by atoms with E-state index >= 15 is 0 Å². The van der Waals surface area contributed by atoms with Gasteiger partial charge in [0, 0.05) is 18.0 Å². The molecule has 0 aliphatic carbocycles. The highest BCUT2D eigenvalue weighted by molar-refractivity contribution is 5.15. The number of rotatable bonds is 4. The van der Waals surface area contributed by atoms with Gasteiger partial charge in [-0.15, -0.1) is 0 Å². The molecular weight excluding hydrogens is 196 g/mol. The molecule has 6 heteroatoms. The first-order chi connectivity index (χ1) is 7.19. The van der Waals surface area contributed by atoms with Crippen LogP contribution in [-0.2, 0) is 0 Å². The zero-order chi connectivity index (χ0) is 11.3. The minimum absolute atomic E-state index is 0.0271. The van der Waals surface area contributed by atoms with E-state index < -0.39 is 12.2 Å². The second-order valence-corrected chi connectivity index (χ2v) is 3.04. The summed E-state index contributed by atoms with van der Waals surface area (Å²) < 4.78 is 0. The second-order valence-electron chi connectivity index (χ2n) is 3.04. The molecule has 2 atom stereocenters. The van der Waals surface area contributed by atoms with E-state index in [1.807, 2.05) is 0 Å². The molecule has 0 bridgehead atoms. The molecule has 0 saturated heterocycles. The van der Waals surface area contributed by atoms with Crippen LogP contribution < -0.4 is 5.73 Å². The summed E-state index contributed by atoms with van der Waals surface area (Å²) in [6, 6.07) is 1.76. The molecule has 0 amide bonds. The average molecular weight is 208 g/mol. The number of aliphatic hydroxyl groups is 2. The molecular formula is C9H12N4O2. The summed E-state index contributed by atoms with van der Waals surface area (Å²) in [4.78, 5) is 7.37. The Hall–Kier alpha value is -1.55. The summed E-state index contributed by atoms with van der Waals surface area (Å²) >= 11 is 0. The molecule has 1 heterocycles. The van der Waals surface area contributed by atoms with E-state index in [1.54, 1.807) is 6.07 Å². The topological polar surface area (TPSA) is 116 Å². The van der Waals surface area contributed by atoms with Crippen molar-refractivity contribution in [1.29, 1.82) is 5.26 Å². The Kier molecular flexibility index (Phi) is 4.12. The van der Waals surface area contributed by atoms with E-state index in [9.17, 15) is 10.2 Å². The van der Waals surface area contributed by atoms with E-state index in [1.165, 1.54) is 12.4 Å². The van der Waals surface area contributed by atoms with Crippen LogP contribution in [0.3, 0.4) is 0 Å². The lowest BCUT2D eigenvalue weighted by Crippen LogP contribution is -2.22. The maximum absolute atomic E-state index is 9.62. The van der Waals surface area contributed by atoms with Gasteiger partial charge in [-0.3, -0.25) is 0 Å². The van der Waals surface area contributed by atoms with Gasteiger partial charge in [-0.1, -0.05) is 0 Å². The van der Waals surface area contributed by atoms with Gasteiger partial charge in [-0.2, -0.15) is 5.26 Å². The third kappa shape index (κ3) is 2.95. The smallest absolute Gasteiger partial charge is 0.232 e. The number of nitrogens with zero attached hydrogens (tertiary/aromatic N) is 3. The molecule has 0 aliphatic heterocycles. The monoisotopic (exact) mass is 208 g/mol. The van der Waals surface area contributed by atoms with Crippen LogP contribution in [0.15, 0.2) is 12.4 Å². The van der Waals surface area contributed by atoms with Crippen molar-refractivity contribution >= 4 is 0 Å². The molecule has 4 N–H and O–H groups in total. The third-order valence-corrected chi connectivity index (χ3v) is 1.94. The van der Waals surface area contributed by atoms with Crippen molar-refractivity contribution in [3.05, 3.63) is 23.8 Å². The Bertz CT molecular complexity index is 346. The van der Waals surface area contributed by atoms with Crippen LogP contribution in [0.25, 0.3) is 0 Å². The number of nitriles is 1. The van der Waals surface area contributed by atoms with Crippen molar-refractivity contribution < 1.29 is 10.2 Å². The molecule has 1 rings (SSSR count). The van der Waals surface area contributed by atoms with Gasteiger partial charge in [-0.05, 0) is 13.0 Å². The Labute approximate surface area is 87.0 Å². The van der Waals surface area contributed by atoms with Crippen molar-refractivity contribution in [2.75, 3.05) is 6.54 Å². The van der Waals surface area contributed by atoms with Crippen LogP contribution in [0.2, 0.25) is 0 Å². The SMILES string of the molecule is N#Cc1ncc(C(O)C(O)CCN)cn1. The maximum Gasteiger partial charge on any atom is 0.232 e. The lowest BCUT2D eigenvalue weighted by atomic mass is 10.1. The Morgan fingerprint density at radius 2 is 2.00 bits per heavy atom. The summed E-state index contributed by atoms with van der Waals surface area (Å²) in [6.45, 7) is 0.287. The molecule has 15 heavy (non-hydrogen) atoms. The van der Waals surface area contributed by atoms with Crippen LogP contribution in [-0.4, -0.2) is 32.8 Å². The number of aliphatic hydroxyl groups excluding tert-OH is 2. The van der Waals surface area contributed by atoms with Crippen molar-refractivity contribution in [2.24, 2.45) is 5.73 Å². The van der Waals surface area contributed by atoms with E-state index in [0.717, 1.165) is 0 Å². The zero-order valence-corrected chi connectivity index (χ0v) is 8.04. The lowest BCUT2D eigenvalue weighted by molar-refractivity contribution is 0.0146. The van der Waals surface area contributed by atoms with Gasteiger partial charge in [0.1, 0.15) is 12.2 Å². The fourth-order valence-corrected chi connectivity index (χ4v) is 1.10. The number of hydrogen-bond acceptors (Lipinski definition) is 6. The molecule has 1 aromatic rings. The van der Waals surface area contributed by atoms with E-state index in [4.69, 9.17) is 11.0 Å². The van der Waals surface area contributed by atoms with Crippen LogP contribution in [0, 0.1) is 11.3 Å². The van der Waals surface area contributed by atoms with Gasteiger partial charge < -0.3 is 15.9 Å². The number of aromatic nitrogens is 2. The lowest BCUT2D eigenvalue weighted by Gasteiger charge is -2.16. The highest BCUT2D eigenvalue weighted by Crippen LogP contribution is 2.16. The summed E-state index contributed by atoms with van der Waals surface area (Å²) in [6.07, 6.45) is 0.917. The summed E-state index contributed by atoms with van der Waals surface area (Å²) in [7, 11) is 0. The fraction of sp³-hybridized carbons (Fsp3) is 0.444. The number of hydrogen-bond donors (Lipinski definition) is 3. The predicted octanol–water partition coefficient (Wildman–Crippen LogP) is -0.909. The Balaban J connectivity index is 2.74. The van der Waals surface area contributed by atoms with Crippen molar-refractivity contribution in [3.63, 3.8) is 0 Å². The van der Waals surface area contributed by atoms with E-state index in [2.05, 4.69) is 9.97 Å². The highest BCUT2D eigenvalue weighted by atomic mass is 16.3. The minimum Gasteiger partial charge on any atom is -0.390 e. The Morgan fingerprint density at radius 1 is 1.40 bits per heavy atom. The van der Waals surface area contributed by atoms with Crippen molar-refractivity contribution in [2.45, 2.75) is 18.6 Å². The molecule has 2 unspecified atom stereocenters. The molecule has 0 spiro atoms. The Morgan fingerprint density at radius 3 is 2.47 bits per heavy atom. The van der Waals surface area contributed by atoms with Gasteiger partial charge in [-0.25, -0.2) is 9.97 Å². The maximum atomic E-state index is 9.62. The standard InChI is InChI=1S/C9H12N4O2/c10-2-1-7(14)9(15)6-4-12-8(3-11)13-5-6/h4-5,7,9,14-15H,1-2,10H2. The van der Waals surface area contributed by atoms with Gasteiger partial charge >= 0.3 is 0 Å². The molecule has 0 radical (unpaired) electrons. The third-order valence-electron chi connectivity index (χ3n) is 1.94. The molecule has 1 aromatic heterocycles. The summed E-state index contributed by atoms with van der Waals surface area (Å²) in [5.41, 5.74) is 5.62. The molecule has 0 fully saturated rings. The fourth-order valence-electron chi connectivity index (χ4n) is 1.10. The number of nitrogens with two attached hydrogens (primary N) is 1. The second kappa shape index (κ2) is 5.36. The normalized spacial score (nSPS) is 14.3. The van der Waals surface area contributed by atoms with Crippen LogP contribution in [0.4, 0.5) is 0 Å². The first-order valence-corrected chi connectivity index (χ1v) is 4.47. The quantitative estimate of drug-likeness (QED) is 0.590. The van der Waals surface area contributed by atoms with Gasteiger partial charge in [0.05, 0.1) is 6.10 Å². The molecule has 0 aliphatic rings. The molecule has 0 aromatic carbocycles. The summed E-state index contributed by atoms with van der Waals surface area (Å²) in [5.74, 6) is 0.0271. The summed E-state index contributed by atoms with van der Waals surface area (Å²) in [5, 5.41) is 27.5. The first-order valence-electron chi connectivity index (χ1n) is 4.47. The van der Waals surface area contributed by atoms with Gasteiger partial charge in [0.2, 0.25) is 5.82 Å². The highest BCUT2D eigenvalue weighted by Gasteiger charge is 2.18. The van der Waals surface area contributed by atoms with Crippen LogP contribution in [0.5, 0.6) is 0 Å². The van der Waals surface area contributed by atoms with Crippen LogP contribution >= 0.6 is 0 Å². The van der Waals surface area contributed by atoms with Crippen molar-refractivity contribution in [1.82, 2.24) is 9.97 Å². The van der Waals surface area contributed by atoms with E-state index in [-0.39, 0.29) is 12.4 Å². The largest absolute Gasteiger partial charge is 0.390 e. The zero-order valence-electron chi connectivity index (χ0n) is 8.04. The molecule has 80 valence electrons. The van der Waals surface area contributed by atoms with Crippen LogP contribution in [0.1, 0.15) is 23.9 Å². The molecule has 6 nitrogen and oxygen atoms in total. The molecule has 0 saturated carbocycles. The predicted molar refractivity (Wildman–Crippen MR) is 51.4 cm³/mol. The van der Waals surface area contributed by atoms with E-state index in [0.29, 0.717) is 12.0 Å². The average Bonchev–Trinajstić information content (AvgIpc) is 2.28.